The van der Waals surface area contributed by atoms with E-state index in [0.29, 0.717) is 36.2 Å². The topological polar surface area (TPSA) is 70.1 Å². The summed E-state index contributed by atoms with van der Waals surface area (Å²) in [6.45, 7) is 6.04. The van der Waals surface area contributed by atoms with Crippen LogP contribution < -0.4 is 9.64 Å². The zero-order valence-electron chi connectivity index (χ0n) is 17.5. The normalized spacial score (nSPS) is 15.5. The van der Waals surface area contributed by atoms with Gasteiger partial charge in [0.1, 0.15) is 5.57 Å². The lowest BCUT2D eigenvalue weighted by Gasteiger charge is -2.36. The average Bonchev–Trinajstić information content (AvgIpc) is 2.77. The number of nitrogens with zero attached hydrogens (tertiary/aromatic N) is 2. The first-order valence-corrected chi connectivity index (χ1v) is 10.3. The van der Waals surface area contributed by atoms with Crippen LogP contribution in [0.4, 0.5) is 5.69 Å². The molecule has 0 saturated carbocycles. The summed E-state index contributed by atoms with van der Waals surface area (Å²) in [5, 5.41) is 10.5. The average molecular weight is 437 g/mol. The Morgan fingerprint density at radius 3 is 2.48 bits per heavy atom. The molecule has 0 atom stereocenters. The van der Waals surface area contributed by atoms with Gasteiger partial charge in [0, 0.05) is 12.1 Å². The van der Waals surface area contributed by atoms with Crippen molar-refractivity contribution in [1.29, 1.82) is 0 Å². The molecule has 1 aliphatic heterocycles. The number of allylic oxidation sites excluding steroid dienone is 1. The smallest absolute Gasteiger partial charge is 0.270 e. The first kappa shape index (κ1) is 22.2. The van der Waals surface area contributed by atoms with Gasteiger partial charge in [-0.15, -0.1) is 6.58 Å². The van der Waals surface area contributed by atoms with Crippen LogP contribution in [0.3, 0.4) is 0 Å². The molecule has 1 saturated heterocycles. The van der Waals surface area contributed by atoms with E-state index in [0.717, 1.165) is 0 Å². The van der Waals surface area contributed by atoms with E-state index in [2.05, 4.69) is 6.58 Å². The third-order valence-electron chi connectivity index (χ3n) is 4.86. The lowest BCUT2D eigenvalue weighted by Crippen LogP contribution is -2.56. The van der Waals surface area contributed by atoms with Crippen molar-refractivity contribution in [3.63, 3.8) is 0 Å². The maximum Gasteiger partial charge on any atom is 0.270 e. The number of hydrogen-bond acceptors (Lipinski definition) is 5. The first-order valence-electron chi connectivity index (χ1n) is 9.90. The van der Waals surface area contributed by atoms with Crippen LogP contribution >= 0.6 is 12.2 Å². The predicted octanol–water partition coefficient (Wildman–Crippen LogP) is 4.08. The Bertz CT molecular complexity index is 1060. The molecule has 1 fully saturated rings. The van der Waals surface area contributed by atoms with Crippen LogP contribution in [0.5, 0.6) is 11.5 Å². The molecule has 2 aromatic rings. The predicted molar refractivity (Wildman–Crippen MR) is 125 cm³/mol. The molecule has 0 aliphatic carbocycles. The van der Waals surface area contributed by atoms with Crippen LogP contribution in [-0.4, -0.2) is 40.6 Å². The van der Waals surface area contributed by atoms with Crippen molar-refractivity contribution in [3.8, 4) is 11.5 Å². The number of benzene rings is 2. The number of thiocarbonyl (C=S) groups is 1. The van der Waals surface area contributed by atoms with Crippen molar-refractivity contribution in [3.05, 3.63) is 71.8 Å². The van der Waals surface area contributed by atoms with Crippen molar-refractivity contribution < 1.29 is 19.4 Å². The number of carbonyl (C=O) groups excluding carboxylic acids is 2. The summed E-state index contributed by atoms with van der Waals surface area (Å²) in [5.74, 6) is -0.680. The molecule has 7 heteroatoms. The largest absolute Gasteiger partial charge is 0.504 e. The standard InChI is InChI=1S/C24H24N2O4S/c1-4-9-17-13-16(15-20(30-3)21(17)27)14-19-22(28)25(12-5-2)24(31)26(23(19)29)18-10-7-6-8-11-18/h4,6-8,10-11,13-15,27H,1,5,9,12H2,2-3H3/b19-14+. The number of amides is 2. The number of aromatic hydroxyl groups is 1. The van der Waals surface area contributed by atoms with Gasteiger partial charge in [0.2, 0.25) is 0 Å². The van der Waals surface area contributed by atoms with Gasteiger partial charge in [-0.3, -0.25) is 19.4 Å². The molecule has 1 N–H and O–H groups in total. The number of phenolic OH excluding ortho intramolecular Hbond substituents is 1. The van der Waals surface area contributed by atoms with Crippen molar-refractivity contribution in [2.45, 2.75) is 19.8 Å². The Hall–Kier alpha value is -3.45. The molecule has 0 unspecified atom stereocenters. The summed E-state index contributed by atoms with van der Waals surface area (Å²) in [5.41, 5.74) is 1.72. The monoisotopic (exact) mass is 436 g/mol. The summed E-state index contributed by atoms with van der Waals surface area (Å²) in [4.78, 5) is 29.4. The number of hydrogen-bond donors (Lipinski definition) is 1. The van der Waals surface area contributed by atoms with Crippen molar-refractivity contribution in [2.24, 2.45) is 0 Å². The minimum atomic E-state index is -0.495. The lowest BCUT2D eigenvalue weighted by atomic mass is 10.0. The highest BCUT2D eigenvalue weighted by atomic mass is 32.1. The Morgan fingerprint density at radius 2 is 1.87 bits per heavy atom. The van der Waals surface area contributed by atoms with Crippen molar-refractivity contribution in [1.82, 2.24) is 4.90 Å². The van der Waals surface area contributed by atoms with E-state index < -0.39 is 11.8 Å². The number of carbonyl (C=O) groups is 2. The highest BCUT2D eigenvalue weighted by Crippen LogP contribution is 2.34. The van der Waals surface area contributed by atoms with E-state index in [4.69, 9.17) is 17.0 Å². The highest BCUT2D eigenvalue weighted by molar-refractivity contribution is 7.80. The van der Waals surface area contributed by atoms with Gasteiger partial charge in [-0.05, 0) is 61.0 Å². The zero-order valence-corrected chi connectivity index (χ0v) is 18.3. The molecule has 0 radical (unpaired) electrons. The molecular weight excluding hydrogens is 412 g/mol. The van der Waals surface area contributed by atoms with E-state index in [1.54, 1.807) is 30.3 Å². The number of methoxy groups -OCH3 is 1. The van der Waals surface area contributed by atoms with Gasteiger partial charge in [0.05, 0.1) is 12.8 Å². The van der Waals surface area contributed by atoms with E-state index >= 15 is 0 Å². The molecule has 0 spiro atoms. The molecule has 6 nitrogen and oxygen atoms in total. The molecule has 0 aromatic heterocycles. The molecule has 2 aromatic carbocycles. The fourth-order valence-corrected chi connectivity index (χ4v) is 3.77. The van der Waals surface area contributed by atoms with Crippen LogP contribution in [0.1, 0.15) is 24.5 Å². The summed E-state index contributed by atoms with van der Waals surface area (Å²) in [6.07, 6.45) is 4.26. The molecule has 1 aliphatic rings. The minimum absolute atomic E-state index is 0.00514. The van der Waals surface area contributed by atoms with Gasteiger partial charge in [-0.1, -0.05) is 31.2 Å². The van der Waals surface area contributed by atoms with Gasteiger partial charge in [0.15, 0.2) is 16.6 Å². The van der Waals surface area contributed by atoms with E-state index in [1.807, 2.05) is 25.1 Å². The highest BCUT2D eigenvalue weighted by Gasteiger charge is 2.39. The van der Waals surface area contributed by atoms with Crippen LogP contribution in [0, 0.1) is 0 Å². The van der Waals surface area contributed by atoms with Gasteiger partial charge in [0.25, 0.3) is 11.8 Å². The minimum Gasteiger partial charge on any atom is -0.504 e. The van der Waals surface area contributed by atoms with Crippen molar-refractivity contribution in [2.75, 3.05) is 18.6 Å². The maximum atomic E-state index is 13.4. The van der Waals surface area contributed by atoms with Crippen molar-refractivity contribution >= 4 is 40.9 Å². The number of para-hydroxylation sites is 1. The molecule has 0 bridgehead atoms. The van der Waals surface area contributed by atoms with Crippen LogP contribution in [0.25, 0.3) is 6.08 Å². The quantitative estimate of drug-likeness (QED) is 0.307. The molecule has 1 heterocycles. The molecule has 160 valence electrons. The van der Waals surface area contributed by atoms with E-state index in [9.17, 15) is 14.7 Å². The summed E-state index contributed by atoms with van der Waals surface area (Å²) >= 11 is 5.50. The zero-order chi connectivity index (χ0) is 22.5. The number of phenols is 1. The summed E-state index contributed by atoms with van der Waals surface area (Å²) < 4.78 is 5.26. The second-order valence-electron chi connectivity index (χ2n) is 7.00. The lowest BCUT2D eigenvalue weighted by molar-refractivity contribution is -0.127. The Labute approximate surface area is 187 Å². The molecule has 31 heavy (non-hydrogen) atoms. The molecular formula is C24H24N2O4S. The fourth-order valence-electron chi connectivity index (χ4n) is 3.41. The summed E-state index contributed by atoms with van der Waals surface area (Å²) in [7, 11) is 1.44. The van der Waals surface area contributed by atoms with Gasteiger partial charge < -0.3 is 9.84 Å². The Balaban J connectivity index is 2.14. The van der Waals surface area contributed by atoms with Gasteiger partial charge in [-0.2, -0.15) is 0 Å². The SMILES string of the molecule is C=CCc1cc(/C=C2\C(=O)N(CCC)C(=S)N(c3ccccc3)C2=O)cc(OC)c1O. The van der Waals surface area contributed by atoms with Crippen LogP contribution in [0.15, 0.2) is 60.7 Å². The van der Waals surface area contributed by atoms with Crippen LogP contribution in [-0.2, 0) is 16.0 Å². The first-order chi connectivity index (χ1) is 14.9. The van der Waals surface area contributed by atoms with Gasteiger partial charge in [-0.25, -0.2) is 0 Å². The van der Waals surface area contributed by atoms with E-state index in [-0.39, 0.29) is 22.2 Å². The molecule has 2 amide bonds. The second-order valence-corrected chi connectivity index (χ2v) is 7.36. The number of rotatable bonds is 7. The fraction of sp³-hybridized carbons (Fsp3) is 0.208. The van der Waals surface area contributed by atoms with E-state index in [1.165, 1.54) is 23.0 Å². The number of anilines is 1. The third kappa shape index (κ3) is 4.36. The summed E-state index contributed by atoms with van der Waals surface area (Å²) in [6, 6.07) is 12.3. The maximum absolute atomic E-state index is 13.4. The third-order valence-corrected chi connectivity index (χ3v) is 5.27. The molecule has 3 rings (SSSR count). The second kappa shape index (κ2) is 9.57. The van der Waals surface area contributed by atoms with Gasteiger partial charge >= 0.3 is 0 Å². The Kier molecular flexibility index (Phi) is 6.87. The Morgan fingerprint density at radius 1 is 1.16 bits per heavy atom. The number of ether oxygens (including phenoxy) is 1. The van der Waals surface area contributed by atoms with Crippen LogP contribution in [0.2, 0.25) is 0 Å².